The maximum Gasteiger partial charge on any atom is 0.138 e. The lowest BCUT2D eigenvalue weighted by molar-refractivity contribution is 0.181. The Bertz CT molecular complexity index is 500. The number of nitrogens with zero attached hydrogens (tertiary/aromatic N) is 1. The highest BCUT2D eigenvalue weighted by Gasteiger charge is 2.48. The van der Waals surface area contributed by atoms with Gasteiger partial charge >= 0.3 is 0 Å². The van der Waals surface area contributed by atoms with Crippen molar-refractivity contribution in [3.8, 4) is 5.75 Å². The van der Waals surface area contributed by atoms with E-state index in [1.54, 1.807) is 0 Å². The highest BCUT2D eigenvalue weighted by Crippen LogP contribution is 2.50. The molecule has 2 fully saturated rings. The molecular weight excluding hydrogens is 254 g/mol. The topological polar surface area (TPSA) is 12.5 Å². The number of rotatable bonds is 1. The van der Waals surface area contributed by atoms with Crippen molar-refractivity contribution >= 4 is 11.8 Å². The Kier molecular flexibility index (Phi) is 2.82. The fourth-order valence-corrected chi connectivity index (χ4v) is 5.11. The van der Waals surface area contributed by atoms with Gasteiger partial charge in [-0.1, -0.05) is 30.7 Å². The van der Waals surface area contributed by atoms with Crippen LogP contribution in [0.3, 0.4) is 0 Å². The van der Waals surface area contributed by atoms with E-state index in [4.69, 9.17) is 4.74 Å². The summed E-state index contributed by atoms with van der Waals surface area (Å²) in [5.41, 5.74) is 1.93. The van der Waals surface area contributed by atoms with Crippen LogP contribution in [0, 0.1) is 0 Å². The minimum absolute atomic E-state index is 0.401. The van der Waals surface area contributed by atoms with Crippen molar-refractivity contribution in [1.29, 1.82) is 0 Å². The molecule has 2 aliphatic heterocycles. The number of fused-ring (bicyclic) bond motifs is 2. The van der Waals surface area contributed by atoms with Gasteiger partial charge < -0.3 is 9.64 Å². The van der Waals surface area contributed by atoms with Gasteiger partial charge in [0.05, 0.1) is 4.90 Å². The molecule has 0 amide bonds. The van der Waals surface area contributed by atoms with Crippen molar-refractivity contribution in [2.75, 3.05) is 19.5 Å². The summed E-state index contributed by atoms with van der Waals surface area (Å²) in [5.74, 6) is 1.91. The molecule has 3 aliphatic rings. The number of hydrogen-bond donors (Lipinski definition) is 0. The lowest BCUT2D eigenvalue weighted by atomic mass is 9.66. The van der Waals surface area contributed by atoms with E-state index >= 15 is 0 Å². The second-order valence-electron chi connectivity index (χ2n) is 6.22. The Balaban J connectivity index is 1.77. The molecule has 0 spiro atoms. The number of likely N-dealkylation sites (tertiary alicyclic amines) is 1. The molecule has 3 heteroatoms. The van der Waals surface area contributed by atoms with Crippen LogP contribution >= 0.6 is 11.8 Å². The Labute approximate surface area is 119 Å². The summed E-state index contributed by atoms with van der Waals surface area (Å²) in [5, 5.41) is 0. The van der Waals surface area contributed by atoms with Gasteiger partial charge in [-0.25, -0.2) is 0 Å². The molecule has 1 aromatic rings. The number of ether oxygens (including phenoxy) is 1. The fourth-order valence-electron chi connectivity index (χ4n) is 4.37. The maximum absolute atomic E-state index is 5.75. The van der Waals surface area contributed by atoms with Crippen LogP contribution in [0.15, 0.2) is 23.1 Å². The van der Waals surface area contributed by atoms with E-state index in [0.717, 1.165) is 17.7 Å². The molecule has 0 aromatic heterocycles. The summed E-state index contributed by atoms with van der Waals surface area (Å²) in [7, 11) is 2.30. The molecule has 2 heterocycles. The molecule has 19 heavy (non-hydrogen) atoms. The molecule has 4 rings (SSSR count). The first-order chi connectivity index (χ1) is 9.29. The summed E-state index contributed by atoms with van der Waals surface area (Å²) < 4.78 is 5.75. The van der Waals surface area contributed by atoms with E-state index in [9.17, 15) is 0 Å². The summed E-state index contributed by atoms with van der Waals surface area (Å²) >= 11 is 1.81. The number of thioether (sulfide) groups is 1. The number of likely N-dealkylation sites (N-methyl/N-ethyl adjacent to an activating group) is 1. The summed E-state index contributed by atoms with van der Waals surface area (Å²) in [6, 6.07) is 7.74. The fraction of sp³-hybridized carbons (Fsp3) is 0.625. The predicted octanol–water partition coefficient (Wildman–Crippen LogP) is 3.64. The SMILES string of the molecule is CN1CC[C@]2(c3ccc4c(c3)OCS4)CCCC[C@H]12. The van der Waals surface area contributed by atoms with Gasteiger partial charge in [0.15, 0.2) is 0 Å². The third-order valence-corrected chi connectivity index (χ3v) is 6.26. The second-order valence-corrected chi connectivity index (χ2v) is 7.18. The standard InChI is InChI=1S/C16H21NOS/c1-17-9-8-16(7-3-2-4-15(16)17)12-5-6-14-13(10-12)18-11-19-14/h5-6,10,15H,2-4,7-9,11H2,1H3/t15-,16-/m0/s1. The van der Waals surface area contributed by atoms with Crippen LogP contribution in [-0.4, -0.2) is 30.5 Å². The van der Waals surface area contributed by atoms with E-state index in [1.807, 2.05) is 11.8 Å². The zero-order valence-corrected chi connectivity index (χ0v) is 12.3. The highest BCUT2D eigenvalue weighted by atomic mass is 32.2. The Hall–Kier alpha value is -0.670. The van der Waals surface area contributed by atoms with Gasteiger partial charge in [0.1, 0.15) is 11.7 Å². The summed E-state index contributed by atoms with van der Waals surface area (Å²) in [6.07, 6.45) is 6.82. The van der Waals surface area contributed by atoms with Crippen molar-refractivity contribution in [2.24, 2.45) is 0 Å². The third-order valence-electron chi connectivity index (χ3n) is 5.38. The first-order valence-corrected chi connectivity index (χ1v) is 8.38. The van der Waals surface area contributed by atoms with Gasteiger partial charge in [0, 0.05) is 11.5 Å². The van der Waals surface area contributed by atoms with Crippen molar-refractivity contribution in [2.45, 2.75) is 48.5 Å². The molecule has 1 aliphatic carbocycles. The van der Waals surface area contributed by atoms with Gasteiger partial charge in [-0.3, -0.25) is 0 Å². The van der Waals surface area contributed by atoms with E-state index in [-0.39, 0.29) is 0 Å². The van der Waals surface area contributed by atoms with E-state index in [1.165, 1.54) is 49.1 Å². The largest absolute Gasteiger partial charge is 0.481 e. The zero-order valence-electron chi connectivity index (χ0n) is 11.5. The van der Waals surface area contributed by atoms with Crippen LogP contribution in [0.25, 0.3) is 0 Å². The maximum atomic E-state index is 5.75. The molecule has 0 bridgehead atoms. The van der Waals surface area contributed by atoms with Crippen molar-refractivity contribution in [3.05, 3.63) is 23.8 Å². The van der Waals surface area contributed by atoms with Crippen LogP contribution in [0.1, 0.15) is 37.7 Å². The smallest absolute Gasteiger partial charge is 0.138 e. The Morgan fingerprint density at radius 3 is 3.21 bits per heavy atom. The zero-order chi connectivity index (χ0) is 12.9. The molecule has 102 valence electrons. The summed E-state index contributed by atoms with van der Waals surface area (Å²) in [4.78, 5) is 3.90. The average Bonchev–Trinajstić information content (AvgIpc) is 3.04. The first kappa shape index (κ1) is 12.1. The molecule has 1 aromatic carbocycles. The van der Waals surface area contributed by atoms with E-state index < -0.39 is 0 Å². The van der Waals surface area contributed by atoms with Crippen molar-refractivity contribution in [3.63, 3.8) is 0 Å². The molecule has 2 nitrogen and oxygen atoms in total. The Morgan fingerprint density at radius 1 is 1.32 bits per heavy atom. The minimum atomic E-state index is 0.401. The number of hydrogen-bond acceptors (Lipinski definition) is 3. The molecule has 2 atom stereocenters. The van der Waals surface area contributed by atoms with Crippen LogP contribution in [-0.2, 0) is 5.41 Å². The molecule has 0 N–H and O–H groups in total. The quantitative estimate of drug-likeness (QED) is 0.776. The first-order valence-electron chi connectivity index (χ1n) is 7.40. The monoisotopic (exact) mass is 275 g/mol. The third kappa shape index (κ3) is 1.74. The second kappa shape index (κ2) is 4.42. The summed E-state index contributed by atoms with van der Waals surface area (Å²) in [6.45, 7) is 1.25. The molecule has 1 saturated heterocycles. The highest BCUT2D eigenvalue weighted by molar-refractivity contribution is 7.99. The molecular formula is C16H21NOS. The van der Waals surface area contributed by atoms with Gasteiger partial charge in [-0.2, -0.15) is 0 Å². The van der Waals surface area contributed by atoms with E-state index in [2.05, 4.69) is 30.1 Å². The molecule has 0 radical (unpaired) electrons. The molecule has 1 saturated carbocycles. The van der Waals surface area contributed by atoms with Gasteiger partial charge in [-0.05, 0) is 50.6 Å². The van der Waals surface area contributed by atoms with Gasteiger partial charge in [0.25, 0.3) is 0 Å². The Morgan fingerprint density at radius 2 is 2.26 bits per heavy atom. The number of benzene rings is 1. The predicted molar refractivity (Wildman–Crippen MR) is 79.0 cm³/mol. The van der Waals surface area contributed by atoms with Crippen molar-refractivity contribution < 1.29 is 4.74 Å². The van der Waals surface area contributed by atoms with Crippen molar-refractivity contribution in [1.82, 2.24) is 4.90 Å². The van der Waals surface area contributed by atoms with Crippen LogP contribution in [0.5, 0.6) is 5.75 Å². The lowest BCUT2D eigenvalue weighted by Gasteiger charge is -2.41. The molecule has 0 unspecified atom stereocenters. The average molecular weight is 275 g/mol. The van der Waals surface area contributed by atoms with Gasteiger partial charge in [0.2, 0.25) is 0 Å². The lowest BCUT2D eigenvalue weighted by Crippen LogP contribution is -2.43. The van der Waals surface area contributed by atoms with E-state index in [0.29, 0.717) is 5.41 Å². The van der Waals surface area contributed by atoms with Crippen LogP contribution in [0.2, 0.25) is 0 Å². The normalized spacial score (nSPS) is 33.8. The van der Waals surface area contributed by atoms with Crippen LogP contribution < -0.4 is 4.74 Å². The minimum Gasteiger partial charge on any atom is -0.481 e. The van der Waals surface area contributed by atoms with Gasteiger partial charge in [-0.15, -0.1) is 0 Å². The van der Waals surface area contributed by atoms with Crippen LogP contribution in [0.4, 0.5) is 0 Å².